The Morgan fingerprint density at radius 3 is 1.00 bits per heavy atom. The molecular weight excluding hydrogens is 296 g/mol. The van der Waals surface area contributed by atoms with E-state index in [4.69, 9.17) is 0 Å². The van der Waals surface area contributed by atoms with Crippen LogP contribution < -0.4 is 17.7 Å². The third-order valence-electron chi connectivity index (χ3n) is 0.913. The van der Waals surface area contributed by atoms with Gasteiger partial charge in [-0.3, -0.25) is 0 Å². The Morgan fingerprint density at radius 1 is 0.688 bits per heavy atom. The molecule has 0 spiro atoms. The van der Waals surface area contributed by atoms with E-state index >= 15 is 0 Å². The fraction of sp³-hybridized carbons (Fsp3) is 0. The van der Waals surface area contributed by atoms with Crippen LogP contribution in [0.5, 0.6) is 0 Å². The minimum atomic E-state index is -5.47. The summed E-state index contributed by atoms with van der Waals surface area (Å²) in [6.07, 6.45) is 0. The second-order valence-corrected chi connectivity index (χ2v) is 6.73. The van der Waals surface area contributed by atoms with Crippen molar-refractivity contribution >= 4 is 32.0 Å². The number of hydrogen-bond acceptors (Lipinski definition) is 9. The van der Waals surface area contributed by atoms with Crippen LogP contribution in [0.4, 0.5) is 0 Å². The zero-order valence-corrected chi connectivity index (χ0v) is 9.53. The smallest absolute Gasteiger partial charge is 0.158 e. The van der Waals surface area contributed by atoms with Gasteiger partial charge in [-0.1, -0.05) is 0 Å². The standard InChI is InChI=1S/H6N4O9S3/c1-11-14(5,6)4(15(7,8)12-2)16(9,10)13-3/h1-3H2/q+3. The molecule has 0 aromatic carbocycles. The van der Waals surface area contributed by atoms with E-state index in [1.807, 2.05) is 0 Å². The first-order valence-corrected chi connectivity index (χ1v) is 6.85. The predicted molar refractivity (Wildman–Crippen MR) is 43.9 cm³/mol. The lowest BCUT2D eigenvalue weighted by atomic mass is 13.6. The molecule has 3 radical (unpaired) electrons. The maximum Gasteiger partial charge on any atom is 0.596 e. The second kappa shape index (κ2) is 5.14. The van der Waals surface area contributed by atoms with Crippen molar-refractivity contribution in [3.8, 4) is 0 Å². The molecule has 0 amide bonds. The summed E-state index contributed by atoms with van der Waals surface area (Å²) in [5, 5.41) is 0. The van der Waals surface area contributed by atoms with Crippen molar-refractivity contribution < 1.29 is 39.1 Å². The minimum Gasteiger partial charge on any atom is -0.158 e. The van der Waals surface area contributed by atoms with E-state index in [0.29, 0.717) is 0 Å². The normalized spacial score (nSPS) is 23.4. The third kappa shape index (κ3) is 3.27. The summed E-state index contributed by atoms with van der Waals surface area (Å²) >= 11 is 0. The fourth-order valence-electron chi connectivity index (χ4n) is 0.441. The number of nitrogens with zero attached hydrogens (tertiary/aromatic N) is 1. The van der Waals surface area contributed by atoms with E-state index in [-0.39, 0.29) is 0 Å². The lowest BCUT2D eigenvalue weighted by Gasteiger charge is -2.02. The maximum absolute atomic E-state index is 10.9. The first-order valence-electron chi connectivity index (χ1n) is 2.75. The minimum absolute atomic E-state index is 1.40. The summed E-state index contributed by atoms with van der Waals surface area (Å²) in [5.41, 5.74) is 0. The lowest BCUT2D eigenvalue weighted by molar-refractivity contribution is 0.188. The Bertz CT molecular complexity index is 320. The Labute approximate surface area is 92.4 Å². The Balaban J connectivity index is 5.70. The fourth-order valence-corrected chi connectivity index (χ4v) is 3.97. The molecule has 0 bridgehead atoms. The maximum atomic E-state index is 10.9. The van der Waals surface area contributed by atoms with Crippen LogP contribution in [0.15, 0.2) is 0 Å². The molecule has 0 heterocycles. The highest BCUT2D eigenvalue weighted by Gasteiger charge is 2.82. The van der Waals surface area contributed by atoms with Gasteiger partial charge in [0.2, 0.25) is 0 Å². The summed E-state index contributed by atoms with van der Waals surface area (Å²) in [5.74, 6) is 12.5. The van der Waals surface area contributed by atoms with E-state index in [0.717, 1.165) is 0 Å². The molecule has 6 N–H and O–H groups in total. The average molecular weight is 302 g/mol. The van der Waals surface area contributed by atoms with Crippen molar-refractivity contribution in [2.75, 3.05) is 0 Å². The second-order valence-electron chi connectivity index (χ2n) is 1.80. The lowest BCUT2D eigenvalue weighted by Crippen LogP contribution is -2.53. The molecule has 3 atom stereocenters. The summed E-state index contributed by atoms with van der Waals surface area (Å²) in [6, 6.07) is 0. The molecule has 0 fully saturated rings. The monoisotopic (exact) mass is 302 g/mol. The van der Waals surface area contributed by atoms with Crippen molar-refractivity contribution in [3.05, 3.63) is 0 Å². The van der Waals surface area contributed by atoms with Crippen LogP contribution in [-0.4, -0.2) is 3.12 Å². The molecule has 0 rings (SSSR count). The molecule has 16 heavy (non-hydrogen) atoms. The van der Waals surface area contributed by atoms with Crippen LogP contribution in [0.1, 0.15) is 0 Å². The quantitative estimate of drug-likeness (QED) is 0.335. The van der Waals surface area contributed by atoms with Gasteiger partial charge in [0.25, 0.3) is 0 Å². The third-order valence-corrected chi connectivity index (χ3v) is 6.02. The first-order chi connectivity index (χ1) is 7.05. The van der Waals surface area contributed by atoms with Gasteiger partial charge in [0.05, 0.1) is 0 Å². The predicted octanol–water partition coefficient (Wildman–Crippen LogP) is -3.02. The van der Waals surface area contributed by atoms with Crippen molar-refractivity contribution in [1.29, 1.82) is 0 Å². The Morgan fingerprint density at radius 2 is 0.875 bits per heavy atom. The van der Waals surface area contributed by atoms with Crippen molar-refractivity contribution in [3.63, 3.8) is 0 Å². The van der Waals surface area contributed by atoms with Gasteiger partial charge >= 0.3 is 35.2 Å². The van der Waals surface area contributed by atoms with E-state index in [2.05, 4.69) is 30.5 Å². The largest absolute Gasteiger partial charge is 0.596 e. The van der Waals surface area contributed by atoms with Gasteiger partial charge in [-0.2, -0.15) is 17.7 Å². The summed E-state index contributed by atoms with van der Waals surface area (Å²) in [7, 11) is -16.4. The van der Waals surface area contributed by atoms with E-state index in [1.54, 1.807) is 0 Å². The van der Waals surface area contributed by atoms with E-state index in [9.17, 15) is 26.3 Å². The average Bonchev–Trinajstić information content (AvgIpc) is 2.16. The van der Waals surface area contributed by atoms with E-state index < -0.39 is 35.2 Å². The number of nitrogens with two attached hydrogens (primary N) is 3. The highest BCUT2D eigenvalue weighted by Crippen LogP contribution is 2.28. The van der Waals surface area contributed by atoms with Gasteiger partial charge in [-0.25, -0.2) is 0 Å². The van der Waals surface area contributed by atoms with E-state index in [1.165, 1.54) is 0 Å². The van der Waals surface area contributed by atoms with Gasteiger partial charge in [-0.15, -0.1) is 0 Å². The highest BCUT2D eigenvalue weighted by molar-refractivity contribution is 8.19. The molecule has 0 saturated carbocycles. The van der Waals surface area contributed by atoms with Gasteiger partial charge in [-0.05, 0) is 12.9 Å². The van der Waals surface area contributed by atoms with Crippen LogP contribution in [0.3, 0.4) is 0 Å². The topological polar surface area (TPSA) is 220 Å². The molecule has 0 aliphatic carbocycles. The summed E-state index contributed by atoms with van der Waals surface area (Å²) in [4.78, 5) is 0. The molecule has 3 unspecified atom stereocenters. The number of hydrogen-bond donors (Lipinski definition) is 3. The van der Waals surface area contributed by atoms with Gasteiger partial charge in [0, 0.05) is 12.6 Å². The highest BCUT2D eigenvalue weighted by atomic mass is 32.4. The van der Waals surface area contributed by atoms with Crippen LogP contribution in [0, 0.1) is 0 Å². The summed E-state index contributed by atoms with van der Waals surface area (Å²) < 4.78 is 73.2. The van der Waals surface area contributed by atoms with Gasteiger partial charge < -0.3 is 0 Å². The van der Waals surface area contributed by atoms with Crippen LogP contribution in [0.2, 0.25) is 0 Å². The van der Waals surface area contributed by atoms with Crippen LogP contribution in [0.25, 0.3) is 0 Å². The molecule has 0 aliphatic rings. The molecule has 0 aliphatic heterocycles. The van der Waals surface area contributed by atoms with Crippen LogP contribution >= 0.6 is 0 Å². The first kappa shape index (κ1) is 16.1. The molecule has 0 saturated heterocycles. The van der Waals surface area contributed by atoms with Gasteiger partial charge in [0.1, 0.15) is 13.7 Å². The van der Waals surface area contributed by atoms with Crippen molar-refractivity contribution in [2.45, 2.75) is 0 Å². The molecule has 95 valence electrons. The summed E-state index contributed by atoms with van der Waals surface area (Å²) in [6.45, 7) is 0. The zero-order valence-electron chi connectivity index (χ0n) is 7.08. The van der Waals surface area contributed by atoms with Crippen molar-refractivity contribution in [1.82, 2.24) is 3.12 Å². The molecular formula is H6N4O9S3+3. The molecule has 16 heteroatoms. The molecule has 0 aromatic rings. The van der Waals surface area contributed by atoms with Crippen molar-refractivity contribution in [2.24, 2.45) is 17.7 Å². The van der Waals surface area contributed by atoms with Crippen LogP contribution in [-0.2, 0) is 71.2 Å². The SMILES string of the molecule is NO[S+]([O])(=O)N([S+]([O])(=O)ON)[S+]([O])(=O)ON. The Kier molecular flexibility index (Phi) is 5.15. The molecule has 13 nitrogen and oxygen atoms in total. The zero-order chi connectivity index (χ0) is 13.2. The molecule has 0 aromatic heterocycles. The van der Waals surface area contributed by atoms with Gasteiger partial charge in [0.15, 0.2) is 0 Å². The Hall–Kier alpha value is 0.0500. The number of rotatable bonds is 6.